The van der Waals surface area contributed by atoms with Gasteiger partial charge in [0.15, 0.2) is 16.6 Å². The van der Waals surface area contributed by atoms with Crippen LogP contribution in [0.3, 0.4) is 0 Å². The molecule has 0 amide bonds. The maximum absolute atomic E-state index is 13.1. The highest BCUT2D eigenvalue weighted by Crippen LogP contribution is 2.53. The van der Waals surface area contributed by atoms with E-state index >= 15 is 0 Å². The Morgan fingerprint density at radius 3 is 1.37 bits per heavy atom. The van der Waals surface area contributed by atoms with E-state index in [0.29, 0.717) is 6.29 Å². The van der Waals surface area contributed by atoms with Crippen LogP contribution in [0.25, 0.3) is 0 Å². The topological polar surface area (TPSA) is 38.8 Å². The summed E-state index contributed by atoms with van der Waals surface area (Å²) >= 11 is 0. The number of hydrogen-bond acceptors (Lipinski definition) is 4. The van der Waals surface area contributed by atoms with Gasteiger partial charge in [-0.2, -0.15) is 0 Å². The Morgan fingerprint density at radius 1 is 0.842 bits per heavy atom. The van der Waals surface area contributed by atoms with E-state index < -0.39 is 32.5 Å². The van der Waals surface area contributed by atoms with E-state index in [2.05, 4.69) is 63.5 Å². The van der Waals surface area contributed by atoms with Crippen LogP contribution in [-0.2, 0) is 13.0 Å². The smallest absolute Gasteiger partial charge is 0.324 e. The van der Waals surface area contributed by atoms with Crippen molar-refractivity contribution in [3.8, 4) is 0 Å². The third kappa shape index (κ3) is 9.33. The Hall–Kier alpha value is 0.761. The summed E-state index contributed by atoms with van der Waals surface area (Å²) in [6, 6.07) is 0. The Bertz CT molecular complexity index is 325. The molecule has 0 aliphatic carbocycles. The molecular weight excluding hydrogens is 309 g/mol. The van der Waals surface area contributed by atoms with Gasteiger partial charge in [-0.1, -0.05) is 19.6 Å². The van der Waals surface area contributed by atoms with E-state index in [1.54, 1.807) is 0 Å². The Labute approximate surface area is 122 Å². The minimum atomic E-state index is -3.03. The Kier molecular flexibility index (Phi) is 6.50. The van der Waals surface area contributed by atoms with Crippen molar-refractivity contribution < 1.29 is 13.0 Å². The quantitative estimate of drug-likeness (QED) is 0.501. The molecule has 0 radical (unpaired) electrons. The minimum Gasteiger partial charge on any atom is -0.351 e. The van der Waals surface area contributed by atoms with Crippen LogP contribution < -0.4 is 0 Å². The molecule has 0 saturated carbocycles. The third-order valence-electron chi connectivity index (χ3n) is 2.36. The van der Waals surface area contributed by atoms with Gasteiger partial charge in [0.05, 0.1) is 6.29 Å². The van der Waals surface area contributed by atoms with Crippen LogP contribution in [-0.4, -0.2) is 42.8 Å². The lowest BCUT2D eigenvalue weighted by Crippen LogP contribution is -2.45. The standard InChI is InChI=1S/C11H32NO3PSi3/c1-12(17(2,3)4)11-16(13,14-18(5,6)7)15-19(8,9)10/h11H2,1-10H3. The summed E-state index contributed by atoms with van der Waals surface area (Å²) in [6.45, 7) is 19.1. The van der Waals surface area contributed by atoms with Crippen LogP contribution in [0.4, 0.5) is 0 Å². The average molecular weight is 342 g/mol. The van der Waals surface area contributed by atoms with Crippen molar-refractivity contribution in [3.05, 3.63) is 0 Å². The van der Waals surface area contributed by atoms with Crippen LogP contribution in [0.2, 0.25) is 58.9 Å². The van der Waals surface area contributed by atoms with Gasteiger partial charge in [-0.3, -0.25) is 4.57 Å². The Balaban J connectivity index is 5.13. The molecule has 0 spiro atoms. The molecule has 0 aliphatic rings. The van der Waals surface area contributed by atoms with Crippen molar-refractivity contribution >= 4 is 32.5 Å². The molecule has 0 saturated heterocycles. The zero-order chi connectivity index (χ0) is 15.7. The molecule has 8 heteroatoms. The highest BCUT2D eigenvalue weighted by Gasteiger charge is 2.39. The summed E-state index contributed by atoms with van der Waals surface area (Å²) in [5.41, 5.74) is 0. The molecule has 0 heterocycles. The molecule has 0 aliphatic heterocycles. The molecule has 0 aromatic heterocycles. The van der Waals surface area contributed by atoms with Crippen LogP contribution in [0.5, 0.6) is 0 Å². The lowest BCUT2D eigenvalue weighted by Gasteiger charge is -2.37. The molecule has 4 nitrogen and oxygen atoms in total. The summed E-state index contributed by atoms with van der Waals surface area (Å²) in [5.74, 6) is 0. The van der Waals surface area contributed by atoms with Gasteiger partial charge in [-0.15, -0.1) is 0 Å². The van der Waals surface area contributed by atoms with Gasteiger partial charge in [0, 0.05) is 0 Å². The van der Waals surface area contributed by atoms with Gasteiger partial charge in [-0.05, 0) is 46.3 Å². The summed E-state index contributed by atoms with van der Waals surface area (Å²) in [5, 5.41) is 0. The van der Waals surface area contributed by atoms with E-state index in [-0.39, 0.29) is 0 Å². The van der Waals surface area contributed by atoms with E-state index in [1.165, 1.54) is 0 Å². The number of hydrogen-bond donors (Lipinski definition) is 0. The van der Waals surface area contributed by atoms with Crippen molar-refractivity contribution in [2.75, 3.05) is 13.3 Å². The van der Waals surface area contributed by atoms with Gasteiger partial charge < -0.3 is 13.0 Å². The van der Waals surface area contributed by atoms with Gasteiger partial charge >= 0.3 is 7.60 Å². The molecule has 0 unspecified atom stereocenters. The van der Waals surface area contributed by atoms with E-state index in [0.717, 1.165) is 0 Å². The predicted molar refractivity (Wildman–Crippen MR) is 92.4 cm³/mol. The molecule has 0 aromatic rings. The molecule has 0 aromatic carbocycles. The van der Waals surface area contributed by atoms with Crippen LogP contribution >= 0.6 is 7.60 Å². The summed E-state index contributed by atoms with van der Waals surface area (Å²) in [6.07, 6.45) is 0.414. The second-order valence-electron chi connectivity index (χ2n) is 8.03. The van der Waals surface area contributed by atoms with Crippen LogP contribution in [0.15, 0.2) is 0 Å². The Morgan fingerprint density at radius 2 is 1.16 bits per heavy atom. The fraction of sp³-hybridized carbons (Fsp3) is 1.00. The zero-order valence-corrected chi connectivity index (χ0v) is 18.2. The molecule has 19 heavy (non-hydrogen) atoms. The first-order valence-corrected chi connectivity index (χ1v) is 18.8. The van der Waals surface area contributed by atoms with Gasteiger partial charge in [0.2, 0.25) is 0 Å². The first kappa shape index (κ1) is 19.8. The van der Waals surface area contributed by atoms with Crippen molar-refractivity contribution in [3.63, 3.8) is 0 Å². The fourth-order valence-corrected chi connectivity index (χ4v) is 11.7. The van der Waals surface area contributed by atoms with Gasteiger partial charge in [0.25, 0.3) is 0 Å². The number of rotatable bonds is 7. The largest absolute Gasteiger partial charge is 0.351 e. The van der Waals surface area contributed by atoms with Crippen molar-refractivity contribution in [1.29, 1.82) is 0 Å². The molecule has 0 fully saturated rings. The highest BCUT2D eigenvalue weighted by atomic mass is 31.2. The molecule has 0 rings (SSSR count). The van der Waals surface area contributed by atoms with Crippen molar-refractivity contribution in [1.82, 2.24) is 4.57 Å². The minimum absolute atomic E-state index is 0.414. The van der Waals surface area contributed by atoms with Crippen molar-refractivity contribution in [2.24, 2.45) is 0 Å². The first-order valence-electron chi connectivity index (χ1n) is 6.76. The van der Waals surface area contributed by atoms with E-state index in [1.807, 2.05) is 7.05 Å². The second-order valence-corrected chi connectivity index (χ2v) is 24.5. The van der Waals surface area contributed by atoms with E-state index in [4.69, 9.17) is 8.43 Å². The maximum Gasteiger partial charge on any atom is 0.324 e. The molecule has 116 valence electrons. The first-order chi connectivity index (χ1) is 8.04. The normalized spacial score (nSPS) is 15.1. The summed E-state index contributed by atoms with van der Waals surface area (Å²) < 4.78 is 27.2. The molecular formula is C11H32NO3PSi3. The third-order valence-corrected chi connectivity index (χ3v) is 12.4. The van der Waals surface area contributed by atoms with Crippen LogP contribution in [0, 0.1) is 0 Å². The molecule has 0 bridgehead atoms. The van der Waals surface area contributed by atoms with Gasteiger partial charge in [0.1, 0.15) is 8.24 Å². The summed E-state index contributed by atoms with van der Waals surface area (Å²) in [4.78, 5) is 0. The van der Waals surface area contributed by atoms with Gasteiger partial charge in [-0.25, -0.2) is 0 Å². The summed E-state index contributed by atoms with van der Waals surface area (Å²) in [7, 11) is -6.28. The monoisotopic (exact) mass is 341 g/mol. The lowest BCUT2D eigenvalue weighted by molar-refractivity contribution is 0.363. The fourth-order valence-electron chi connectivity index (χ4n) is 1.38. The second kappa shape index (κ2) is 6.25. The molecule has 0 N–H and O–H groups in total. The maximum atomic E-state index is 13.1. The predicted octanol–water partition coefficient (Wildman–Crippen LogP) is 4.61. The number of nitrogens with zero attached hydrogens (tertiary/aromatic N) is 1. The lowest BCUT2D eigenvalue weighted by atomic mass is 11.2. The SMILES string of the molecule is CN(CP(=O)(O[Si](C)(C)C)O[Si](C)(C)C)[Si](C)(C)C. The molecule has 0 atom stereocenters. The van der Waals surface area contributed by atoms with Crippen LogP contribution in [0.1, 0.15) is 0 Å². The van der Waals surface area contributed by atoms with Crippen molar-refractivity contribution in [2.45, 2.75) is 58.9 Å². The van der Waals surface area contributed by atoms with E-state index in [9.17, 15) is 4.57 Å². The zero-order valence-electron chi connectivity index (χ0n) is 14.3. The highest BCUT2D eigenvalue weighted by molar-refractivity contribution is 7.57. The average Bonchev–Trinajstić information content (AvgIpc) is 1.91.